The van der Waals surface area contributed by atoms with E-state index in [0.29, 0.717) is 0 Å². The standard InChI is InChI=1S/C10H12N2/c1-2-7-11-9-10-6-4-3-5-8-12-10/h2,6,8,11H,1,4,7,9H2. The molecule has 1 aliphatic heterocycles. The van der Waals surface area contributed by atoms with E-state index in [9.17, 15) is 0 Å². The van der Waals surface area contributed by atoms with Crippen molar-refractivity contribution >= 4 is 6.21 Å². The summed E-state index contributed by atoms with van der Waals surface area (Å²) >= 11 is 0. The molecule has 0 aromatic carbocycles. The van der Waals surface area contributed by atoms with Crippen LogP contribution in [0.25, 0.3) is 0 Å². The van der Waals surface area contributed by atoms with Crippen LogP contribution in [0.5, 0.6) is 0 Å². The van der Waals surface area contributed by atoms with Gasteiger partial charge < -0.3 is 5.32 Å². The minimum absolute atomic E-state index is 0.784. The van der Waals surface area contributed by atoms with Gasteiger partial charge in [-0.3, -0.25) is 4.99 Å². The summed E-state index contributed by atoms with van der Waals surface area (Å²) in [6.45, 7) is 5.21. The Labute approximate surface area is 73.1 Å². The first-order chi connectivity index (χ1) is 5.93. The smallest absolute Gasteiger partial charge is 0.0770 e. The molecule has 0 saturated carbocycles. The van der Waals surface area contributed by atoms with Gasteiger partial charge in [-0.15, -0.1) is 6.58 Å². The molecule has 1 rings (SSSR count). The second kappa shape index (κ2) is 5.34. The van der Waals surface area contributed by atoms with E-state index in [0.717, 1.165) is 25.2 Å². The Morgan fingerprint density at radius 1 is 1.75 bits per heavy atom. The maximum Gasteiger partial charge on any atom is 0.0770 e. The topological polar surface area (TPSA) is 24.4 Å². The summed E-state index contributed by atoms with van der Waals surface area (Å²) in [7, 11) is 0. The molecule has 0 fully saturated rings. The lowest BCUT2D eigenvalue weighted by Gasteiger charge is -2.00. The summed E-state index contributed by atoms with van der Waals surface area (Å²) in [6.07, 6.45) is 6.31. The summed E-state index contributed by atoms with van der Waals surface area (Å²) in [5.41, 5.74) is 1.04. The third-order valence-corrected chi connectivity index (χ3v) is 1.43. The highest BCUT2D eigenvalue weighted by Crippen LogP contribution is 1.97. The van der Waals surface area contributed by atoms with Crippen molar-refractivity contribution in [2.45, 2.75) is 6.42 Å². The molecule has 1 aliphatic rings. The number of allylic oxidation sites excluding steroid dienone is 1. The van der Waals surface area contributed by atoms with Crippen LogP contribution in [0.15, 0.2) is 29.4 Å². The van der Waals surface area contributed by atoms with E-state index in [-0.39, 0.29) is 0 Å². The van der Waals surface area contributed by atoms with Gasteiger partial charge in [-0.05, 0) is 6.08 Å². The highest BCUT2D eigenvalue weighted by Gasteiger charge is 1.92. The summed E-state index contributed by atoms with van der Waals surface area (Å²) in [6, 6.07) is 0. The molecular formula is C10H12N2. The van der Waals surface area contributed by atoms with Crippen LogP contribution in [0.4, 0.5) is 0 Å². The first-order valence-corrected chi connectivity index (χ1v) is 3.95. The fourth-order valence-electron chi connectivity index (χ4n) is 0.861. The van der Waals surface area contributed by atoms with Gasteiger partial charge in [0.2, 0.25) is 0 Å². The Bertz CT molecular complexity index is 263. The van der Waals surface area contributed by atoms with Gasteiger partial charge in [-0.1, -0.05) is 17.9 Å². The lowest BCUT2D eigenvalue weighted by atomic mass is 10.3. The molecule has 0 aromatic rings. The Morgan fingerprint density at radius 2 is 2.67 bits per heavy atom. The molecule has 0 amide bonds. The second-order valence-corrected chi connectivity index (χ2v) is 2.40. The van der Waals surface area contributed by atoms with Crippen molar-refractivity contribution in [3.8, 4) is 11.8 Å². The highest BCUT2D eigenvalue weighted by atomic mass is 14.9. The third-order valence-electron chi connectivity index (χ3n) is 1.43. The normalized spacial score (nSPS) is 14.2. The lowest BCUT2D eigenvalue weighted by Crippen LogP contribution is -2.16. The number of aliphatic imine (C=N–C) groups is 1. The van der Waals surface area contributed by atoms with Crippen LogP contribution in [0.2, 0.25) is 0 Å². The molecular weight excluding hydrogens is 148 g/mol. The second-order valence-electron chi connectivity index (χ2n) is 2.40. The van der Waals surface area contributed by atoms with Crippen LogP contribution in [0.1, 0.15) is 6.42 Å². The molecule has 0 bridgehead atoms. The molecule has 0 spiro atoms. The molecule has 0 radical (unpaired) electrons. The fraction of sp³-hybridized carbons (Fsp3) is 0.300. The monoisotopic (exact) mass is 160 g/mol. The summed E-state index contributed by atoms with van der Waals surface area (Å²) < 4.78 is 0. The number of rotatable bonds is 4. The molecule has 0 atom stereocenters. The Kier molecular flexibility index (Phi) is 3.90. The minimum Gasteiger partial charge on any atom is -0.308 e. The molecule has 12 heavy (non-hydrogen) atoms. The van der Waals surface area contributed by atoms with E-state index in [4.69, 9.17) is 0 Å². The Balaban J connectivity index is 2.32. The molecule has 0 saturated heterocycles. The van der Waals surface area contributed by atoms with Crippen molar-refractivity contribution in [2.24, 2.45) is 4.99 Å². The van der Waals surface area contributed by atoms with Crippen molar-refractivity contribution in [3.05, 3.63) is 24.4 Å². The minimum atomic E-state index is 0.784. The van der Waals surface area contributed by atoms with Crippen LogP contribution >= 0.6 is 0 Å². The quantitative estimate of drug-likeness (QED) is 0.372. The Morgan fingerprint density at radius 3 is 3.50 bits per heavy atom. The predicted molar refractivity (Wildman–Crippen MR) is 52.0 cm³/mol. The first kappa shape index (κ1) is 8.76. The van der Waals surface area contributed by atoms with Gasteiger partial charge in [0, 0.05) is 19.5 Å². The maximum absolute atomic E-state index is 4.16. The zero-order chi connectivity index (χ0) is 8.65. The molecule has 2 nitrogen and oxygen atoms in total. The largest absolute Gasteiger partial charge is 0.308 e. The number of nitrogens with zero attached hydrogens (tertiary/aromatic N) is 1. The maximum atomic E-state index is 4.16. The summed E-state index contributed by atoms with van der Waals surface area (Å²) in [5.74, 6) is 5.77. The van der Waals surface area contributed by atoms with Crippen LogP contribution in [-0.2, 0) is 0 Å². The molecule has 1 heterocycles. The van der Waals surface area contributed by atoms with Crippen LogP contribution in [-0.4, -0.2) is 19.3 Å². The summed E-state index contributed by atoms with van der Waals surface area (Å²) in [5, 5.41) is 3.18. The van der Waals surface area contributed by atoms with Gasteiger partial charge in [0.05, 0.1) is 11.9 Å². The number of nitrogens with one attached hydrogen (secondary N) is 1. The molecule has 2 heteroatoms. The van der Waals surface area contributed by atoms with E-state index in [1.165, 1.54) is 0 Å². The van der Waals surface area contributed by atoms with Crippen LogP contribution < -0.4 is 5.32 Å². The average molecular weight is 160 g/mol. The molecule has 62 valence electrons. The average Bonchev–Trinajstić information content (AvgIpc) is 2.33. The zero-order valence-corrected chi connectivity index (χ0v) is 7.01. The van der Waals surface area contributed by atoms with Crippen molar-refractivity contribution < 1.29 is 0 Å². The molecule has 0 aromatic heterocycles. The fourth-order valence-corrected chi connectivity index (χ4v) is 0.861. The van der Waals surface area contributed by atoms with Crippen LogP contribution in [0.3, 0.4) is 0 Å². The molecule has 0 aliphatic carbocycles. The zero-order valence-electron chi connectivity index (χ0n) is 7.01. The van der Waals surface area contributed by atoms with Crippen molar-refractivity contribution in [1.29, 1.82) is 0 Å². The number of hydrogen-bond donors (Lipinski definition) is 1. The highest BCUT2D eigenvalue weighted by molar-refractivity contribution is 5.79. The molecule has 1 N–H and O–H groups in total. The van der Waals surface area contributed by atoms with Gasteiger partial charge in [0.25, 0.3) is 0 Å². The molecule has 0 unspecified atom stereocenters. The van der Waals surface area contributed by atoms with Gasteiger partial charge in [0.1, 0.15) is 0 Å². The summed E-state index contributed by atoms with van der Waals surface area (Å²) in [4.78, 5) is 4.16. The van der Waals surface area contributed by atoms with E-state index in [2.05, 4.69) is 28.7 Å². The first-order valence-electron chi connectivity index (χ1n) is 3.95. The van der Waals surface area contributed by atoms with Crippen molar-refractivity contribution in [2.75, 3.05) is 13.1 Å². The van der Waals surface area contributed by atoms with Gasteiger partial charge in [-0.25, -0.2) is 0 Å². The number of hydrogen-bond acceptors (Lipinski definition) is 2. The van der Waals surface area contributed by atoms with E-state index in [1.807, 2.05) is 12.2 Å². The SMILES string of the molecule is C=CCNCC1=CCC#CC=N1. The van der Waals surface area contributed by atoms with E-state index < -0.39 is 0 Å². The van der Waals surface area contributed by atoms with Crippen molar-refractivity contribution in [3.63, 3.8) is 0 Å². The Hall–Kier alpha value is -1.33. The van der Waals surface area contributed by atoms with Gasteiger partial charge >= 0.3 is 0 Å². The van der Waals surface area contributed by atoms with Crippen LogP contribution in [0, 0.1) is 11.8 Å². The van der Waals surface area contributed by atoms with Crippen molar-refractivity contribution in [1.82, 2.24) is 5.32 Å². The van der Waals surface area contributed by atoms with E-state index >= 15 is 0 Å². The van der Waals surface area contributed by atoms with Gasteiger partial charge in [0.15, 0.2) is 0 Å². The predicted octanol–water partition coefficient (Wildman–Crippen LogP) is 1.12. The third kappa shape index (κ3) is 3.18. The lowest BCUT2D eigenvalue weighted by molar-refractivity contribution is 0.807. The van der Waals surface area contributed by atoms with Gasteiger partial charge in [-0.2, -0.15) is 0 Å². The van der Waals surface area contributed by atoms with E-state index in [1.54, 1.807) is 6.21 Å².